The van der Waals surface area contributed by atoms with Gasteiger partial charge in [-0.25, -0.2) is 0 Å². The van der Waals surface area contributed by atoms with Crippen LogP contribution in [0.5, 0.6) is 0 Å². The van der Waals surface area contributed by atoms with Gasteiger partial charge in [0.05, 0.1) is 0 Å². The quantitative estimate of drug-likeness (QED) is 0.307. The molecule has 1 rings (SSSR count). The highest BCUT2D eigenvalue weighted by Gasteiger charge is 2.19. The normalized spacial score (nSPS) is 11.7. The first-order chi connectivity index (χ1) is 9.45. The number of hydrogen-bond donors (Lipinski definition) is 3. The van der Waals surface area contributed by atoms with Crippen LogP contribution in [0.1, 0.15) is 30.6 Å². The van der Waals surface area contributed by atoms with Gasteiger partial charge in [0.2, 0.25) is 0 Å². The Morgan fingerprint density at radius 1 is 1.55 bits per heavy atom. The Bertz CT molecular complexity index is 536. The number of hydrogen-bond acceptors (Lipinski definition) is 4. The van der Waals surface area contributed by atoms with Crippen molar-refractivity contribution in [3.05, 3.63) is 34.2 Å². The van der Waals surface area contributed by atoms with Gasteiger partial charge in [0.15, 0.2) is 5.43 Å². The average molecular weight is 280 g/mol. The molecule has 0 saturated carbocycles. The number of aromatic nitrogens is 1. The number of carbonyl (C=O) groups is 1. The Morgan fingerprint density at radius 3 is 2.80 bits per heavy atom. The number of oxime groups is 1. The number of nitrogens with zero attached hydrogens (tertiary/aromatic N) is 2. The van der Waals surface area contributed by atoms with E-state index in [-0.39, 0.29) is 35.1 Å². The Labute approximate surface area is 117 Å². The molecule has 7 nitrogen and oxygen atoms in total. The molecule has 0 bridgehead atoms. The molecule has 0 unspecified atom stereocenters. The first kappa shape index (κ1) is 15.7. The first-order valence-corrected chi connectivity index (χ1v) is 6.38. The number of rotatable bonds is 6. The van der Waals surface area contributed by atoms with Gasteiger partial charge >= 0.3 is 0 Å². The zero-order valence-electron chi connectivity index (χ0n) is 11.7. The van der Waals surface area contributed by atoms with Crippen molar-refractivity contribution in [1.29, 1.82) is 0 Å². The summed E-state index contributed by atoms with van der Waals surface area (Å²) in [5.74, 6) is -0.0612. The highest BCUT2D eigenvalue weighted by Crippen LogP contribution is 2.05. The van der Waals surface area contributed by atoms with Gasteiger partial charge in [-0.1, -0.05) is 19.0 Å². The topological polar surface area (TPSA) is 112 Å². The number of nitrogens with two attached hydrogens (primary N) is 1. The largest absolute Gasteiger partial charge is 0.409 e. The third-order valence-corrected chi connectivity index (χ3v) is 2.69. The van der Waals surface area contributed by atoms with Gasteiger partial charge in [0.1, 0.15) is 11.4 Å². The lowest BCUT2D eigenvalue weighted by atomic mass is 10.1. The van der Waals surface area contributed by atoms with E-state index in [2.05, 4.69) is 10.1 Å². The van der Waals surface area contributed by atoms with Crippen molar-refractivity contribution in [3.8, 4) is 0 Å². The van der Waals surface area contributed by atoms with E-state index in [0.717, 1.165) is 0 Å². The van der Waals surface area contributed by atoms with Gasteiger partial charge in [-0.05, 0) is 5.92 Å². The lowest BCUT2D eigenvalue weighted by molar-refractivity contribution is 0.0739. The van der Waals surface area contributed by atoms with Crippen molar-refractivity contribution in [1.82, 2.24) is 9.88 Å². The van der Waals surface area contributed by atoms with E-state index in [1.54, 1.807) is 0 Å². The second kappa shape index (κ2) is 7.32. The maximum absolute atomic E-state index is 12.4. The molecule has 0 aliphatic carbocycles. The Morgan fingerprint density at radius 2 is 2.25 bits per heavy atom. The lowest BCUT2D eigenvalue weighted by Crippen LogP contribution is -2.38. The average Bonchev–Trinajstić information content (AvgIpc) is 2.42. The fourth-order valence-corrected chi connectivity index (χ4v) is 1.77. The smallest absolute Gasteiger partial charge is 0.259 e. The number of H-pyrrole nitrogens is 1. The van der Waals surface area contributed by atoms with Gasteiger partial charge in [0, 0.05) is 38.0 Å². The van der Waals surface area contributed by atoms with Crippen molar-refractivity contribution in [2.75, 3.05) is 13.1 Å². The highest BCUT2D eigenvalue weighted by atomic mass is 16.4. The van der Waals surface area contributed by atoms with Crippen LogP contribution in [0.3, 0.4) is 0 Å². The van der Waals surface area contributed by atoms with E-state index in [1.165, 1.54) is 23.4 Å². The Hall–Kier alpha value is -2.31. The highest BCUT2D eigenvalue weighted by molar-refractivity contribution is 5.94. The molecule has 1 aromatic heterocycles. The van der Waals surface area contributed by atoms with E-state index in [4.69, 9.17) is 10.9 Å². The third-order valence-electron chi connectivity index (χ3n) is 2.69. The van der Waals surface area contributed by atoms with Gasteiger partial charge in [-0.2, -0.15) is 0 Å². The second-order valence-electron chi connectivity index (χ2n) is 4.91. The summed E-state index contributed by atoms with van der Waals surface area (Å²) in [6.45, 7) is 4.73. The number of amides is 1. The van der Waals surface area contributed by atoms with Crippen molar-refractivity contribution in [2.45, 2.75) is 20.3 Å². The van der Waals surface area contributed by atoms with Crippen LogP contribution in [0, 0.1) is 5.92 Å². The maximum Gasteiger partial charge on any atom is 0.259 e. The Balaban J connectivity index is 2.90. The minimum absolute atomic E-state index is 0.0496. The molecule has 0 fully saturated rings. The molecule has 1 heterocycles. The summed E-state index contributed by atoms with van der Waals surface area (Å²) in [7, 11) is 0. The van der Waals surface area contributed by atoms with E-state index >= 15 is 0 Å². The van der Waals surface area contributed by atoms with Crippen molar-refractivity contribution in [3.63, 3.8) is 0 Å². The summed E-state index contributed by atoms with van der Waals surface area (Å²) in [5.41, 5.74) is 5.18. The van der Waals surface area contributed by atoms with Crippen LogP contribution in [0.4, 0.5) is 0 Å². The molecular formula is C13H20N4O3. The predicted octanol–water partition coefficient (Wildman–Crippen LogP) is 0.610. The minimum Gasteiger partial charge on any atom is -0.409 e. The summed E-state index contributed by atoms with van der Waals surface area (Å²) in [4.78, 5) is 28.3. The fraction of sp³-hybridized carbons (Fsp3) is 0.462. The van der Waals surface area contributed by atoms with Crippen LogP contribution in [0.25, 0.3) is 0 Å². The minimum atomic E-state index is -0.355. The van der Waals surface area contributed by atoms with Gasteiger partial charge in [0.25, 0.3) is 5.91 Å². The summed E-state index contributed by atoms with van der Waals surface area (Å²) in [5, 5.41) is 11.4. The number of nitrogens with one attached hydrogen (secondary N) is 1. The van der Waals surface area contributed by atoms with Gasteiger partial charge in [-0.15, -0.1) is 0 Å². The van der Waals surface area contributed by atoms with Crippen LogP contribution in [0.15, 0.2) is 28.4 Å². The van der Waals surface area contributed by atoms with Crippen molar-refractivity contribution < 1.29 is 10.0 Å². The Kier molecular flexibility index (Phi) is 5.76. The molecule has 0 spiro atoms. The first-order valence-electron chi connectivity index (χ1n) is 6.38. The number of pyridine rings is 1. The molecule has 7 heteroatoms. The molecule has 0 atom stereocenters. The number of carbonyl (C=O) groups excluding carboxylic acids is 1. The molecule has 0 aliphatic rings. The number of aromatic amines is 1. The van der Waals surface area contributed by atoms with Crippen LogP contribution in [-0.2, 0) is 0 Å². The van der Waals surface area contributed by atoms with Crippen LogP contribution in [-0.4, -0.2) is 39.9 Å². The van der Waals surface area contributed by atoms with Crippen molar-refractivity contribution >= 4 is 11.7 Å². The molecule has 1 amide bonds. The molecule has 0 radical (unpaired) electrons. The lowest BCUT2D eigenvalue weighted by Gasteiger charge is -2.24. The summed E-state index contributed by atoms with van der Waals surface area (Å²) >= 11 is 0. The molecular weight excluding hydrogens is 260 g/mol. The monoisotopic (exact) mass is 280 g/mol. The summed E-state index contributed by atoms with van der Waals surface area (Å²) in [6, 6.07) is 1.31. The van der Waals surface area contributed by atoms with Gasteiger partial charge < -0.3 is 20.8 Å². The van der Waals surface area contributed by atoms with E-state index < -0.39 is 0 Å². The van der Waals surface area contributed by atoms with E-state index in [1.807, 2.05) is 13.8 Å². The summed E-state index contributed by atoms with van der Waals surface area (Å²) in [6.07, 6.45) is 3.11. The van der Waals surface area contributed by atoms with E-state index in [0.29, 0.717) is 13.1 Å². The molecule has 1 aromatic rings. The van der Waals surface area contributed by atoms with Crippen molar-refractivity contribution in [2.24, 2.45) is 16.8 Å². The maximum atomic E-state index is 12.4. The fourth-order valence-electron chi connectivity index (χ4n) is 1.77. The zero-order valence-corrected chi connectivity index (χ0v) is 11.7. The zero-order chi connectivity index (χ0) is 15.1. The molecule has 20 heavy (non-hydrogen) atoms. The summed E-state index contributed by atoms with van der Waals surface area (Å²) < 4.78 is 0. The second-order valence-corrected chi connectivity index (χ2v) is 4.91. The molecule has 0 saturated heterocycles. The molecule has 0 aliphatic heterocycles. The standard InChI is InChI=1S/C13H20N4O3/c1-9(2)8-17(6-4-12(14)16-20)13(19)10-7-15-5-3-11(10)18/h3,5,7,9,20H,4,6,8H2,1-2H3,(H2,14,16)(H,15,18). The molecule has 110 valence electrons. The SMILES string of the molecule is CC(C)CN(CC/C(N)=N/O)C(=O)c1c[nH]ccc1=O. The van der Waals surface area contributed by atoms with Crippen LogP contribution >= 0.6 is 0 Å². The van der Waals surface area contributed by atoms with E-state index in [9.17, 15) is 9.59 Å². The van der Waals surface area contributed by atoms with Crippen LogP contribution in [0.2, 0.25) is 0 Å². The number of amidine groups is 1. The molecule has 4 N–H and O–H groups in total. The van der Waals surface area contributed by atoms with Gasteiger partial charge in [-0.3, -0.25) is 9.59 Å². The van der Waals surface area contributed by atoms with Crippen LogP contribution < -0.4 is 11.2 Å². The predicted molar refractivity (Wildman–Crippen MR) is 75.8 cm³/mol. The third kappa shape index (κ3) is 4.42. The molecule has 0 aromatic carbocycles.